The van der Waals surface area contributed by atoms with Gasteiger partial charge in [-0.25, -0.2) is 0 Å². The minimum Gasteiger partial charge on any atom is -0.493 e. The Morgan fingerprint density at radius 2 is 1.54 bits per heavy atom. The molecule has 1 rings (SSSR count). The highest BCUT2D eigenvalue weighted by Gasteiger charge is 1.99. The zero-order chi connectivity index (χ0) is 9.68. The van der Waals surface area contributed by atoms with Gasteiger partial charge in [0.1, 0.15) is 11.5 Å². The molecule has 71 valence electrons. The molecule has 0 amide bonds. The summed E-state index contributed by atoms with van der Waals surface area (Å²) in [4.78, 5) is 0. The van der Waals surface area contributed by atoms with Crippen molar-refractivity contribution in [3.8, 4) is 11.5 Å². The maximum Gasteiger partial charge on any atom is 0.131 e. The molecule has 0 aliphatic carbocycles. The highest BCUT2D eigenvalue weighted by atomic mass is 16.5. The van der Waals surface area contributed by atoms with Crippen LogP contribution in [0.15, 0.2) is 12.1 Å². The Bertz CT molecular complexity index is 245. The van der Waals surface area contributed by atoms with Gasteiger partial charge in [-0.1, -0.05) is 0 Å². The maximum absolute atomic E-state index is 5.34. The van der Waals surface area contributed by atoms with Gasteiger partial charge in [0.2, 0.25) is 0 Å². The van der Waals surface area contributed by atoms with Gasteiger partial charge >= 0.3 is 0 Å². The molecule has 0 aliphatic heterocycles. The number of ether oxygens (including phenoxy) is 2. The van der Waals surface area contributed by atoms with E-state index in [0.717, 1.165) is 17.1 Å². The van der Waals surface area contributed by atoms with E-state index in [9.17, 15) is 0 Å². The van der Waals surface area contributed by atoms with Crippen LogP contribution in [0.25, 0.3) is 0 Å². The quantitative estimate of drug-likeness (QED) is 0.707. The van der Waals surface area contributed by atoms with Crippen molar-refractivity contribution >= 4 is 0 Å². The molecule has 2 nitrogen and oxygen atoms in total. The van der Waals surface area contributed by atoms with Gasteiger partial charge in [0, 0.05) is 0 Å². The van der Waals surface area contributed by atoms with E-state index >= 15 is 0 Å². The summed E-state index contributed by atoms with van der Waals surface area (Å²) in [6, 6.07) is 6.94. The molecule has 2 heteroatoms. The van der Waals surface area contributed by atoms with Crippen LogP contribution in [0.4, 0.5) is 0 Å². The molecule has 0 spiro atoms. The Kier molecular flexibility index (Phi) is 3.62. The largest absolute Gasteiger partial charge is 0.493 e. The van der Waals surface area contributed by atoms with E-state index in [4.69, 9.17) is 9.47 Å². The topological polar surface area (TPSA) is 18.5 Å². The summed E-state index contributed by atoms with van der Waals surface area (Å²) < 4.78 is 10.7. The van der Waals surface area contributed by atoms with Crippen LogP contribution < -0.4 is 9.47 Å². The van der Waals surface area contributed by atoms with Gasteiger partial charge in [-0.15, -0.1) is 0 Å². The molecule has 0 atom stereocenters. The normalized spacial score (nSPS) is 9.77. The second-order valence-electron chi connectivity index (χ2n) is 2.75. The smallest absolute Gasteiger partial charge is 0.131 e. The van der Waals surface area contributed by atoms with Crippen LogP contribution in [-0.4, -0.2) is 13.2 Å². The summed E-state index contributed by atoms with van der Waals surface area (Å²) in [7, 11) is 0. The fraction of sp³-hybridized carbons (Fsp3) is 0.455. The first kappa shape index (κ1) is 9.90. The second-order valence-corrected chi connectivity index (χ2v) is 2.75. The van der Waals surface area contributed by atoms with E-state index in [0.29, 0.717) is 13.2 Å². The highest BCUT2D eigenvalue weighted by Crippen LogP contribution is 2.21. The average Bonchev–Trinajstić information content (AvgIpc) is 2.04. The van der Waals surface area contributed by atoms with Gasteiger partial charge < -0.3 is 9.47 Å². The second kappa shape index (κ2) is 4.75. The fourth-order valence-corrected chi connectivity index (χ4v) is 1.12. The Morgan fingerprint density at radius 3 is 1.92 bits per heavy atom. The monoisotopic (exact) mass is 179 g/mol. The molecule has 1 aromatic carbocycles. The number of hydrogen-bond donors (Lipinski definition) is 0. The molecule has 0 heterocycles. The lowest BCUT2D eigenvalue weighted by Gasteiger charge is -2.07. The molecule has 0 fully saturated rings. The van der Waals surface area contributed by atoms with Gasteiger partial charge in [-0.3, -0.25) is 0 Å². The summed E-state index contributed by atoms with van der Waals surface area (Å²) >= 11 is 0. The average molecular weight is 179 g/mol. The highest BCUT2D eigenvalue weighted by molar-refractivity contribution is 5.36. The zero-order valence-electron chi connectivity index (χ0n) is 8.39. The van der Waals surface area contributed by atoms with E-state index in [1.54, 1.807) is 0 Å². The summed E-state index contributed by atoms with van der Waals surface area (Å²) in [6.45, 7) is 7.24. The molecule has 1 aromatic rings. The predicted molar refractivity (Wildman–Crippen MR) is 52.4 cm³/mol. The molecule has 0 saturated heterocycles. The molecule has 1 radical (unpaired) electrons. The molecule has 0 saturated carbocycles. The summed E-state index contributed by atoms with van der Waals surface area (Å²) in [6.07, 6.45) is 0. The Balaban J connectivity index is 2.83. The van der Waals surface area contributed by atoms with Crippen molar-refractivity contribution in [3.63, 3.8) is 0 Å². The van der Waals surface area contributed by atoms with Crippen molar-refractivity contribution in [3.05, 3.63) is 23.8 Å². The van der Waals surface area contributed by atoms with E-state index in [-0.39, 0.29) is 0 Å². The predicted octanol–water partition coefficient (Wildman–Crippen LogP) is 2.59. The van der Waals surface area contributed by atoms with Crippen molar-refractivity contribution in [2.24, 2.45) is 0 Å². The molecule has 0 aromatic heterocycles. The minimum atomic E-state index is 0.658. The number of rotatable bonds is 4. The molecular formula is C11H15O2. The van der Waals surface area contributed by atoms with E-state index in [1.807, 2.05) is 32.9 Å². The van der Waals surface area contributed by atoms with Gasteiger partial charge in [0.15, 0.2) is 0 Å². The Morgan fingerprint density at radius 1 is 1.08 bits per heavy atom. The van der Waals surface area contributed by atoms with Gasteiger partial charge in [-0.05, 0) is 38.5 Å². The molecule has 0 bridgehead atoms. The van der Waals surface area contributed by atoms with Gasteiger partial charge in [0.05, 0.1) is 19.3 Å². The van der Waals surface area contributed by atoms with Gasteiger partial charge in [-0.2, -0.15) is 0 Å². The molecule has 13 heavy (non-hydrogen) atoms. The van der Waals surface area contributed by atoms with Crippen LogP contribution in [0.3, 0.4) is 0 Å². The van der Waals surface area contributed by atoms with Crippen LogP contribution in [0, 0.1) is 13.0 Å². The SMILES string of the molecule is CCOc1[c]c(OCC)cc(C)c1. The lowest BCUT2D eigenvalue weighted by molar-refractivity contribution is 0.321. The molecule has 0 aliphatic rings. The van der Waals surface area contributed by atoms with Crippen LogP contribution in [0.2, 0.25) is 0 Å². The van der Waals surface area contributed by atoms with Crippen LogP contribution in [-0.2, 0) is 0 Å². The van der Waals surface area contributed by atoms with E-state index in [2.05, 4.69) is 6.07 Å². The zero-order valence-corrected chi connectivity index (χ0v) is 8.39. The summed E-state index contributed by atoms with van der Waals surface area (Å²) in [5, 5.41) is 0. The standard InChI is InChI=1S/C11H15O2/c1-4-12-10-6-9(3)7-11(8-10)13-5-2/h6-7H,4-5H2,1-3H3. The Labute approximate surface area is 79.5 Å². The molecular weight excluding hydrogens is 164 g/mol. The van der Waals surface area contributed by atoms with Crippen molar-refractivity contribution < 1.29 is 9.47 Å². The third-order valence-corrected chi connectivity index (χ3v) is 1.56. The number of aryl methyl sites for hydroxylation is 1. The van der Waals surface area contributed by atoms with E-state index in [1.165, 1.54) is 0 Å². The van der Waals surface area contributed by atoms with Crippen molar-refractivity contribution in [1.82, 2.24) is 0 Å². The summed E-state index contributed by atoms with van der Waals surface area (Å²) in [5.41, 5.74) is 1.13. The molecule has 0 unspecified atom stereocenters. The Hall–Kier alpha value is -1.18. The van der Waals surface area contributed by atoms with Crippen LogP contribution >= 0.6 is 0 Å². The first-order valence-electron chi connectivity index (χ1n) is 4.55. The third kappa shape index (κ3) is 2.98. The lowest BCUT2D eigenvalue weighted by atomic mass is 10.2. The molecule has 0 N–H and O–H groups in total. The first-order valence-corrected chi connectivity index (χ1v) is 4.55. The van der Waals surface area contributed by atoms with Crippen molar-refractivity contribution in [1.29, 1.82) is 0 Å². The summed E-state index contributed by atoms with van der Waals surface area (Å²) in [5.74, 6) is 1.51. The van der Waals surface area contributed by atoms with Crippen LogP contribution in [0.1, 0.15) is 19.4 Å². The van der Waals surface area contributed by atoms with Crippen molar-refractivity contribution in [2.75, 3.05) is 13.2 Å². The number of benzene rings is 1. The minimum absolute atomic E-state index is 0.658. The first-order chi connectivity index (χ1) is 6.26. The fourth-order valence-electron chi connectivity index (χ4n) is 1.12. The van der Waals surface area contributed by atoms with Crippen molar-refractivity contribution in [2.45, 2.75) is 20.8 Å². The lowest BCUT2D eigenvalue weighted by Crippen LogP contribution is -1.96. The maximum atomic E-state index is 5.34. The number of hydrogen-bond acceptors (Lipinski definition) is 2. The van der Waals surface area contributed by atoms with Crippen LogP contribution in [0.5, 0.6) is 11.5 Å². The third-order valence-electron chi connectivity index (χ3n) is 1.56. The van der Waals surface area contributed by atoms with E-state index < -0.39 is 0 Å². The van der Waals surface area contributed by atoms with Gasteiger partial charge in [0.25, 0.3) is 0 Å².